The van der Waals surface area contributed by atoms with Crippen LogP contribution < -0.4 is 9.47 Å². The van der Waals surface area contributed by atoms with Gasteiger partial charge in [0, 0.05) is 58.8 Å². The van der Waals surface area contributed by atoms with Crippen LogP contribution in [-0.2, 0) is 19.1 Å². The van der Waals surface area contributed by atoms with Crippen LogP contribution in [0.25, 0.3) is 22.3 Å². The van der Waals surface area contributed by atoms with Crippen LogP contribution >= 0.6 is 23.2 Å². The number of carbonyl (C=O) groups is 2. The van der Waals surface area contributed by atoms with E-state index in [0.29, 0.717) is 21.5 Å². The van der Waals surface area contributed by atoms with Crippen molar-refractivity contribution in [3.05, 3.63) is 167 Å². The maximum absolute atomic E-state index is 13.0. The predicted molar refractivity (Wildman–Crippen MR) is 209 cm³/mol. The third-order valence-electron chi connectivity index (χ3n) is 8.57. The van der Waals surface area contributed by atoms with Crippen molar-refractivity contribution in [1.29, 1.82) is 0 Å². The summed E-state index contributed by atoms with van der Waals surface area (Å²) in [5, 5.41) is 1.31. The van der Waals surface area contributed by atoms with E-state index >= 15 is 0 Å². The summed E-state index contributed by atoms with van der Waals surface area (Å²) in [5.74, 6) is -0.964. The van der Waals surface area contributed by atoms with Gasteiger partial charge in [-0.25, -0.2) is 9.59 Å². The molecule has 0 saturated carbocycles. The van der Waals surface area contributed by atoms with Gasteiger partial charge in [-0.1, -0.05) is 83.9 Å². The van der Waals surface area contributed by atoms with E-state index in [2.05, 4.69) is 9.97 Å². The van der Waals surface area contributed by atoms with Crippen LogP contribution in [0.1, 0.15) is 50.0 Å². The average Bonchev–Trinajstić information content (AvgIpc) is 3.18. The second-order valence-electron chi connectivity index (χ2n) is 12.8. The molecule has 0 bridgehead atoms. The molecule has 4 atom stereocenters. The smallest absolute Gasteiger partial charge is 0.417 e. The number of hydrogen-bond donors (Lipinski definition) is 0. The summed E-state index contributed by atoms with van der Waals surface area (Å²) in [4.78, 5) is 34.4. The van der Waals surface area contributed by atoms with E-state index in [4.69, 9.17) is 42.1 Å². The fourth-order valence-electron chi connectivity index (χ4n) is 5.91. The summed E-state index contributed by atoms with van der Waals surface area (Å²) in [6, 6.07) is 37.9. The van der Waals surface area contributed by atoms with E-state index < -0.39 is 36.4 Å². The fraction of sp³-hybridized carbons (Fsp3) is 0.182. The Morgan fingerprint density at radius 2 is 0.944 bits per heavy atom. The van der Waals surface area contributed by atoms with Gasteiger partial charge in [0.1, 0.15) is 35.9 Å². The molecule has 0 spiro atoms. The van der Waals surface area contributed by atoms with Crippen LogP contribution in [0.3, 0.4) is 0 Å². The van der Waals surface area contributed by atoms with Gasteiger partial charge in [-0.3, -0.25) is 9.97 Å². The molecule has 54 heavy (non-hydrogen) atoms. The molecule has 0 fully saturated rings. The molecular formula is C44H38Cl2N2O6. The SMILES string of the molecule is CC(CC(Oc1ccc(-c2cccc(Cl)c2)cc1)c1cccnc1)OC(=O)C(=O)OC(C)CC(Oc1ccc(-c2cccc(Cl)c2)cc1)c1cccnc1. The zero-order valence-corrected chi connectivity index (χ0v) is 31.2. The maximum Gasteiger partial charge on any atom is 0.417 e. The first-order chi connectivity index (χ1) is 26.2. The highest BCUT2D eigenvalue weighted by Crippen LogP contribution is 2.32. The van der Waals surface area contributed by atoms with Gasteiger partial charge >= 0.3 is 11.9 Å². The Hall–Kier alpha value is -5.70. The van der Waals surface area contributed by atoms with Crippen molar-refractivity contribution < 1.29 is 28.5 Å². The summed E-state index contributed by atoms with van der Waals surface area (Å²) in [6.07, 6.45) is 4.80. The molecule has 0 N–H and O–H groups in total. The van der Waals surface area contributed by atoms with Crippen LogP contribution in [0.2, 0.25) is 10.0 Å². The minimum atomic E-state index is -1.10. The Morgan fingerprint density at radius 3 is 1.30 bits per heavy atom. The zero-order valence-electron chi connectivity index (χ0n) is 29.7. The molecule has 4 unspecified atom stereocenters. The number of hydrogen-bond acceptors (Lipinski definition) is 8. The van der Waals surface area contributed by atoms with Gasteiger partial charge in [-0.05, 0) is 96.8 Å². The zero-order chi connectivity index (χ0) is 37.9. The van der Waals surface area contributed by atoms with Crippen LogP contribution in [0, 0.1) is 0 Å². The number of pyridine rings is 2. The lowest BCUT2D eigenvalue weighted by atomic mass is 10.0. The Labute approximate surface area is 324 Å². The van der Waals surface area contributed by atoms with E-state index in [1.807, 2.05) is 121 Å². The number of benzene rings is 4. The number of ether oxygens (including phenoxy) is 4. The molecule has 0 aliphatic heterocycles. The van der Waals surface area contributed by atoms with E-state index in [1.54, 1.807) is 38.6 Å². The molecule has 0 amide bonds. The summed E-state index contributed by atoms with van der Waals surface area (Å²) < 4.78 is 23.8. The third-order valence-corrected chi connectivity index (χ3v) is 9.04. The molecule has 4 aromatic carbocycles. The topological polar surface area (TPSA) is 96.8 Å². The van der Waals surface area contributed by atoms with Crippen molar-refractivity contribution in [2.24, 2.45) is 0 Å². The molecule has 6 rings (SSSR count). The highest BCUT2D eigenvalue weighted by molar-refractivity contribution is 6.31. The lowest BCUT2D eigenvalue weighted by molar-refractivity contribution is -0.174. The molecule has 0 aliphatic rings. The van der Waals surface area contributed by atoms with Gasteiger partial charge < -0.3 is 18.9 Å². The minimum Gasteiger partial charge on any atom is -0.486 e. The van der Waals surface area contributed by atoms with Crippen molar-refractivity contribution in [3.63, 3.8) is 0 Å². The summed E-state index contributed by atoms with van der Waals surface area (Å²) >= 11 is 12.4. The Balaban J connectivity index is 1.06. The lowest BCUT2D eigenvalue weighted by Crippen LogP contribution is -2.30. The molecule has 10 heteroatoms. The summed E-state index contributed by atoms with van der Waals surface area (Å²) in [5.41, 5.74) is 5.52. The lowest BCUT2D eigenvalue weighted by Gasteiger charge is -2.24. The molecule has 6 aromatic rings. The van der Waals surface area contributed by atoms with Crippen LogP contribution in [0.15, 0.2) is 146 Å². The fourth-order valence-corrected chi connectivity index (χ4v) is 6.30. The molecule has 274 valence electrons. The normalized spacial score (nSPS) is 13.2. The molecule has 8 nitrogen and oxygen atoms in total. The molecule has 0 saturated heterocycles. The van der Waals surface area contributed by atoms with Crippen molar-refractivity contribution in [2.75, 3.05) is 0 Å². The van der Waals surface area contributed by atoms with Gasteiger partial charge in [0.2, 0.25) is 0 Å². The van der Waals surface area contributed by atoms with Gasteiger partial charge in [0.15, 0.2) is 0 Å². The number of nitrogens with zero attached hydrogens (tertiary/aromatic N) is 2. The third kappa shape index (κ3) is 10.7. The standard InChI is InChI=1S/C44H38Cl2N2O6/c1-29(23-41(35-9-5-21-47-27-35)53-39-17-13-31(14-18-39)33-7-3-11-37(45)25-33)51-43(49)44(50)52-30(2)24-42(36-10-6-22-48-28-36)54-40-19-15-32(16-20-40)34-8-4-12-38(46)26-34/h3-22,25-30,41-42H,23-24H2,1-2H3. The monoisotopic (exact) mass is 760 g/mol. The van der Waals surface area contributed by atoms with Gasteiger partial charge in [-0.15, -0.1) is 0 Å². The van der Waals surface area contributed by atoms with E-state index in [0.717, 1.165) is 33.4 Å². The first kappa shape index (κ1) is 38.0. The average molecular weight is 762 g/mol. The largest absolute Gasteiger partial charge is 0.486 e. The number of carbonyl (C=O) groups excluding carboxylic acids is 2. The van der Waals surface area contributed by atoms with Gasteiger partial charge in [0.25, 0.3) is 0 Å². The Morgan fingerprint density at radius 1 is 0.537 bits per heavy atom. The van der Waals surface area contributed by atoms with Crippen LogP contribution in [0.5, 0.6) is 11.5 Å². The molecule has 2 aromatic heterocycles. The van der Waals surface area contributed by atoms with Crippen molar-refractivity contribution in [1.82, 2.24) is 9.97 Å². The molecule has 0 radical (unpaired) electrons. The van der Waals surface area contributed by atoms with Gasteiger partial charge in [-0.2, -0.15) is 0 Å². The molecular weight excluding hydrogens is 723 g/mol. The quantitative estimate of drug-likeness (QED) is 0.0799. The van der Waals surface area contributed by atoms with E-state index in [-0.39, 0.29) is 12.8 Å². The van der Waals surface area contributed by atoms with Crippen LogP contribution in [-0.4, -0.2) is 34.1 Å². The number of esters is 2. The van der Waals surface area contributed by atoms with Crippen molar-refractivity contribution in [2.45, 2.75) is 51.1 Å². The Bertz CT molecular complexity index is 1980. The summed E-state index contributed by atoms with van der Waals surface area (Å²) in [7, 11) is 0. The molecule has 0 aliphatic carbocycles. The van der Waals surface area contributed by atoms with Crippen molar-refractivity contribution in [3.8, 4) is 33.8 Å². The molecule has 2 heterocycles. The highest BCUT2D eigenvalue weighted by atomic mass is 35.5. The first-order valence-electron chi connectivity index (χ1n) is 17.5. The predicted octanol–water partition coefficient (Wildman–Crippen LogP) is 10.7. The number of aromatic nitrogens is 2. The number of halogens is 2. The van der Waals surface area contributed by atoms with E-state index in [9.17, 15) is 9.59 Å². The first-order valence-corrected chi connectivity index (χ1v) is 18.2. The maximum atomic E-state index is 13.0. The second kappa shape index (κ2) is 18.4. The number of rotatable bonds is 14. The minimum absolute atomic E-state index is 0.253. The Kier molecular flexibility index (Phi) is 12.9. The van der Waals surface area contributed by atoms with Gasteiger partial charge in [0.05, 0.1) is 0 Å². The summed E-state index contributed by atoms with van der Waals surface area (Å²) in [6.45, 7) is 3.40. The van der Waals surface area contributed by atoms with Crippen molar-refractivity contribution >= 4 is 35.1 Å². The van der Waals surface area contributed by atoms with E-state index in [1.165, 1.54) is 0 Å². The second-order valence-corrected chi connectivity index (χ2v) is 13.6. The highest BCUT2D eigenvalue weighted by Gasteiger charge is 2.27. The van der Waals surface area contributed by atoms with Crippen LogP contribution in [0.4, 0.5) is 0 Å².